The predicted molar refractivity (Wildman–Crippen MR) is 51.9 cm³/mol. The van der Waals surface area contributed by atoms with Crippen molar-refractivity contribution in [3.05, 3.63) is 24.3 Å². The molecule has 1 N–H and O–H groups in total. The molecule has 1 heterocycles. The van der Waals surface area contributed by atoms with E-state index in [0.29, 0.717) is 0 Å². The summed E-state index contributed by atoms with van der Waals surface area (Å²) in [6.45, 7) is 1.84. The van der Waals surface area contributed by atoms with Crippen molar-refractivity contribution in [3.8, 4) is 11.8 Å². The zero-order chi connectivity index (χ0) is 9.52. The second-order valence-electron chi connectivity index (χ2n) is 2.61. The number of rotatable bonds is 3. The van der Waals surface area contributed by atoms with Crippen LogP contribution >= 0.6 is 0 Å². The van der Waals surface area contributed by atoms with E-state index in [1.165, 1.54) is 0 Å². The maximum absolute atomic E-state index is 4.16. The summed E-state index contributed by atoms with van der Waals surface area (Å²) >= 11 is 0. The molecular weight excluding hydrogens is 162 g/mol. The second-order valence-corrected chi connectivity index (χ2v) is 2.61. The van der Waals surface area contributed by atoms with Crippen LogP contribution in [-0.2, 0) is 0 Å². The van der Waals surface area contributed by atoms with E-state index in [1.807, 2.05) is 20.0 Å². The highest BCUT2D eigenvalue weighted by molar-refractivity contribution is 5.09. The van der Waals surface area contributed by atoms with Crippen LogP contribution in [-0.4, -0.2) is 17.0 Å². The average Bonchev–Trinajstić information content (AvgIpc) is 2.21. The standard InChI is InChI=1S/C10H13N3/c1-3-4-5-9(11-2)10-6-7-12-8-13-10/h6-9,11H,5H2,1-2H3. The summed E-state index contributed by atoms with van der Waals surface area (Å²) in [5.74, 6) is 5.89. The molecule has 0 spiro atoms. The van der Waals surface area contributed by atoms with Gasteiger partial charge in [-0.3, -0.25) is 0 Å². The minimum atomic E-state index is 0.204. The molecule has 3 nitrogen and oxygen atoms in total. The summed E-state index contributed by atoms with van der Waals surface area (Å²) in [5.41, 5.74) is 0.986. The van der Waals surface area contributed by atoms with Crippen molar-refractivity contribution >= 4 is 0 Å². The summed E-state index contributed by atoms with van der Waals surface area (Å²) in [5, 5.41) is 3.16. The molecule has 0 amide bonds. The molecule has 1 unspecified atom stereocenters. The molecule has 13 heavy (non-hydrogen) atoms. The van der Waals surface area contributed by atoms with Crippen molar-refractivity contribution < 1.29 is 0 Å². The van der Waals surface area contributed by atoms with E-state index >= 15 is 0 Å². The molecule has 3 heteroatoms. The summed E-state index contributed by atoms with van der Waals surface area (Å²) in [4.78, 5) is 8.03. The molecule has 68 valence electrons. The van der Waals surface area contributed by atoms with Crippen molar-refractivity contribution in [1.29, 1.82) is 0 Å². The quantitative estimate of drug-likeness (QED) is 0.700. The first-order valence-electron chi connectivity index (χ1n) is 4.21. The van der Waals surface area contributed by atoms with Crippen LogP contribution in [0.3, 0.4) is 0 Å². The Bertz CT molecular complexity index is 297. The van der Waals surface area contributed by atoms with Gasteiger partial charge in [0.05, 0.1) is 11.7 Å². The van der Waals surface area contributed by atoms with E-state index in [0.717, 1.165) is 12.1 Å². The van der Waals surface area contributed by atoms with Crippen molar-refractivity contribution in [1.82, 2.24) is 15.3 Å². The van der Waals surface area contributed by atoms with Gasteiger partial charge in [0.1, 0.15) is 6.33 Å². The first-order chi connectivity index (χ1) is 6.38. The fourth-order valence-electron chi connectivity index (χ4n) is 1.07. The van der Waals surface area contributed by atoms with E-state index in [2.05, 4.69) is 27.1 Å². The van der Waals surface area contributed by atoms with Crippen LogP contribution in [0.15, 0.2) is 18.6 Å². The van der Waals surface area contributed by atoms with Crippen LogP contribution in [0.5, 0.6) is 0 Å². The van der Waals surface area contributed by atoms with Gasteiger partial charge in [0.25, 0.3) is 0 Å². The van der Waals surface area contributed by atoms with Gasteiger partial charge in [-0.05, 0) is 20.0 Å². The topological polar surface area (TPSA) is 37.8 Å². The zero-order valence-corrected chi connectivity index (χ0v) is 7.91. The minimum absolute atomic E-state index is 0.204. The Kier molecular flexibility index (Phi) is 3.94. The largest absolute Gasteiger partial charge is 0.311 e. The zero-order valence-electron chi connectivity index (χ0n) is 7.91. The van der Waals surface area contributed by atoms with Gasteiger partial charge in [0.15, 0.2) is 0 Å². The van der Waals surface area contributed by atoms with Crippen molar-refractivity contribution in [2.75, 3.05) is 7.05 Å². The Balaban J connectivity index is 2.70. The Morgan fingerprint density at radius 3 is 3.00 bits per heavy atom. The lowest BCUT2D eigenvalue weighted by atomic mass is 10.1. The third kappa shape index (κ3) is 2.85. The van der Waals surface area contributed by atoms with Gasteiger partial charge < -0.3 is 5.32 Å². The van der Waals surface area contributed by atoms with E-state index in [9.17, 15) is 0 Å². The molecule has 0 radical (unpaired) electrons. The highest BCUT2D eigenvalue weighted by Crippen LogP contribution is 2.11. The molecule has 0 saturated carbocycles. The van der Waals surface area contributed by atoms with E-state index in [1.54, 1.807) is 12.5 Å². The first-order valence-corrected chi connectivity index (χ1v) is 4.21. The second kappa shape index (κ2) is 5.28. The molecule has 1 atom stereocenters. The normalized spacial score (nSPS) is 11.5. The predicted octanol–water partition coefficient (Wildman–Crippen LogP) is 1.15. The highest BCUT2D eigenvalue weighted by atomic mass is 14.9. The van der Waals surface area contributed by atoms with E-state index in [-0.39, 0.29) is 6.04 Å². The van der Waals surface area contributed by atoms with Gasteiger partial charge in [0, 0.05) is 12.6 Å². The van der Waals surface area contributed by atoms with E-state index in [4.69, 9.17) is 0 Å². The van der Waals surface area contributed by atoms with Gasteiger partial charge in [-0.2, -0.15) is 0 Å². The van der Waals surface area contributed by atoms with Gasteiger partial charge in [-0.25, -0.2) is 9.97 Å². The summed E-state index contributed by atoms with van der Waals surface area (Å²) in [7, 11) is 1.91. The monoisotopic (exact) mass is 175 g/mol. The van der Waals surface area contributed by atoms with Gasteiger partial charge in [-0.1, -0.05) is 0 Å². The van der Waals surface area contributed by atoms with Crippen LogP contribution < -0.4 is 5.32 Å². The lowest BCUT2D eigenvalue weighted by molar-refractivity contribution is 0.592. The number of nitrogens with zero attached hydrogens (tertiary/aromatic N) is 2. The molecule has 0 aliphatic heterocycles. The molecule has 0 saturated heterocycles. The smallest absolute Gasteiger partial charge is 0.115 e. The Morgan fingerprint density at radius 1 is 1.62 bits per heavy atom. The lowest BCUT2D eigenvalue weighted by Gasteiger charge is -2.11. The van der Waals surface area contributed by atoms with Gasteiger partial charge >= 0.3 is 0 Å². The van der Waals surface area contributed by atoms with Crippen LogP contribution in [0.25, 0.3) is 0 Å². The molecule has 1 rings (SSSR count). The molecule has 0 aliphatic carbocycles. The highest BCUT2D eigenvalue weighted by Gasteiger charge is 2.07. The van der Waals surface area contributed by atoms with Gasteiger partial charge in [0.2, 0.25) is 0 Å². The number of nitrogens with one attached hydrogen (secondary N) is 1. The van der Waals surface area contributed by atoms with Crippen LogP contribution in [0.1, 0.15) is 25.1 Å². The molecule has 0 aromatic carbocycles. The SMILES string of the molecule is CC#CCC(NC)c1ccncn1. The third-order valence-electron chi connectivity index (χ3n) is 1.79. The number of aromatic nitrogens is 2. The van der Waals surface area contributed by atoms with Gasteiger partial charge in [-0.15, -0.1) is 11.8 Å². The van der Waals surface area contributed by atoms with Crippen molar-refractivity contribution in [2.24, 2.45) is 0 Å². The van der Waals surface area contributed by atoms with Crippen LogP contribution in [0.2, 0.25) is 0 Å². The lowest BCUT2D eigenvalue weighted by Crippen LogP contribution is -2.16. The molecule has 0 bridgehead atoms. The number of hydrogen-bond acceptors (Lipinski definition) is 3. The first kappa shape index (κ1) is 9.69. The maximum atomic E-state index is 4.16. The molecule has 1 aromatic rings. The number of hydrogen-bond donors (Lipinski definition) is 1. The Labute approximate surface area is 78.6 Å². The van der Waals surface area contributed by atoms with Crippen LogP contribution in [0.4, 0.5) is 0 Å². The molecule has 0 aliphatic rings. The fraction of sp³-hybridized carbons (Fsp3) is 0.400. The average molecular weight is 175 g/mol. The molecular formula is C10H13N3. The Hall–Kier alpha value is -1.40. The maximum Gasteiger partial charge on any atom is 0.115 e. The van der Waals surface area contributed by atoms with Crippen molar-refractivity contribution in [2.45, 2.75) is 19.4 Å². The summed E-state index contributed by atoms with van der Waals surface area (Å²) < 4.78 is 0. The Morgan fingerprint density at radius 2 is 2.46 bits per heavy atom. The van der Waals surface area contributed by atoms with E-state index < -0.39 is 0 Å². The molecule has 1 aromatic heterocycles. The summed E-state index contributed by atoms with van der Waals surface area (Å²) in [6, 6.07) is 2.11. The fourth-order valence-corrected chi connectivity index (χ4v) is 1.07. The van der Waals surface area contributed by atoms with Crippen molar-refractivity contribution in [3.63, 3.8) is 0 Å². The minimum Gasteiger partial charge on any atom is -0.311 e. The summed E-state index contributed by atoms with van der Waals surface area (Å²) in [6.07, 6.45) is 4.08. The van der Waals surface area contributed by atoms with Crippen LogP contribution in [0, 0.1) is 11.8 Å². The molecule has 0 fully saturated rings. The third-order valence-corrected chi connectivity index (χ3v) is 1.79.